The molecular weight excluding hydrogens is 362 g/mol. The summed E-state index contributed by atoms with van der Waals surface area (Å²) in [6.45, 7) is 4.16. The van der Waals surface area contributed by atoms with Crippen LogP contribution in [0, 0.1) is 13.8 Å². The van der Waals surface area contributed by atoms with Crippen molar-refractivity contribution in [3.05, 3.63) is 70.7 Å². The zero-order valence-corrected chi connectivity index (χ0v) is 16.1. The van der Waals surface area contributed by atoms with Crippen LogP contribution in [0.2, 0.25) is 0 Å². The molecule has 4 aromatic rings. The van der Waals surface area contributed by atoms with Gasteiger partial charge < -0.3 is 0 Å². The summed E-state index contributed by atoms with van der Waals surface area (Å²) in [6, 6.07) is 16.5. The molecule has 0 bridgehead atoms. The van der Waals surface area contributed by atoms with Gasteiger partial charge in [-0.05, 0) is 35.9 Å². The molecule has 2 heterocycles. The van der Waals surface area contributed by atoms with Gasteiger partial charge in [-0.3, -0.25) is 0 Å². The van der Waals surface area contributed by atoms with Crippen molar-refractivity contribution in [2.24, 2.45) is 0 Å². The molecule has 0 spiro atoms. The number of thiazole rings is 1. The Morgan fingerprint density at radius 2 is 1.92 bits per heavy atom. The second kappa shape index (κ2) is 7.39. The molecule has 0 atom stereocenters. The Kier molecular flexibility index (Phi) is 4.81. The lowest BCUT2D eigenvalue weighted by Crippen LogP contribution is -2.02. The molecule has 26 heavy (non-hydrogen) atoms. The molecule has 2 aromatic heterocycles. The first-order chi connectivity index (χ1) is 12.7. The standard InChI is InChI=1S/C19H17N5S2/c1-13-8-9-17(14(2)10-13)24-19(21-22-23-24)26-12-16-11-25-18(20-16)15-6-4-3-5-7-15/h3-11H,12H2,1-2H3. The third-order valence-electron chi connectivity index (χ3n) is 3.94. The first kappa shape index (κ1) is 16.9. The Hall–Kier alpha value is -2.51. The van der Waals surface area contributed by atoms with Crippen molar-refractivity contribution in [1.82, 2.24) is 25.2 Å². The highest BCUT2D eigenvalue weighted by Gasteiger charge is 2.12. The molecule has 2 aromatic carbocycles. The molecule has 0 aliphatic heterocycles. The summed E-state index contributed by atoms with van der Waals surface area (Å²) in [5.74, 6) is 0.731. The zero-order chi connectivity index (χ0) is 17.9. The molecule has 130 valence electrons. The molecule has 0 radical (unpaired) electrons. The molecule has 7 heteroatoms. The van der Waals surface area contributed by atoms with Crippen molar-refractivity contribution in [3.63, 3.8) is 0 Å². The van der Waals surface area contributed by atoms with Gasteiger partial charge in [0, 0.05) is 16.7 Å². The van der Waals surface area contributed by atoms with Gasteiger partial charge in [0.15, 0.2) is 0 Å². The van der Waals surface area contributed by atoms with Gasteiger partial charge in [0.2, 0.25) is 5.16 Å². The zero-order valence-electron chi connectivity index (χ0n) is 14.5. The second-order valence-corrected chi connectivity index (χ2v) is 7.76. The summed E-state index contributed by atoms with van der Waals surface area (Å²) in [6.07, 6.45) is 0. The van der Waals surface area contributed by atoms with Gasteiger partial charge in [-0.25, -0.2) is 4.98 Å². The third kappa shape index (κ3) is 3.54. The number of benzene rings is 2. The highest BCUT2D eigenvalue weighted by molar-refractivity contribution is 7.98. The molecule has 0 fully saturated rings. The second-order valence-electron chi connectivity index (χ2n) is 5.96. The van der Waals surface area contributed by atoms with Crippen LogP contribution in [0.1, 0.15) is 16.8 Å². The SMILES string of the molecule is Cc1ccc(-n2nnnc2SCc2csc(-c3ccccc3)n2)c(C)c1. The van der Waals surface area contributed by atoms with Crippen molar-refractivity contribution >= 4 is 23.1 Å². The van der Waals surface area contributed by atoms with Crippen LogP contribution >= 0.6 is 23.1 Å². The van der Waals surface area contributed by atoms with Crippen LogP contribution in [0.3, 0.4) is 0 Å². The average Bonchev–Trinajstić information content (AvgIpc) is 3.30. The number of rotatable bonds is 5. The molecule has 5 nitrogen and oxygen atoms in total. The molecule has 4 rings (SSSR count). The van der Waals surface area contributed by atoms with Crippen molar-refractivity contribution in [2.75, 3.05) is 0 Å². The summed E-state index contributed by atoms with van der Waals surface area (Å²) in [5, 5.41) is 16.1. The largest absolute Gasteiger partial charge is 0.240 e. The smallest absolute Gasteiger partial charge is 0.214 e. The topological polar surface area (TPSA) is 56.5 Å². The van der Waals surface area contributed by atoms with Crippen LogP contribution in [0.4, 0.5) is 0 Å². The van der Waals surface area contributed by atoms with Crippen LogP contribution in [-0.4, -0.2) is 25.2 Å². The van der Waals surface area contributed by atoms with Gasteiger partial charge in [0.05, 0.1) is 11.4 Å². The maximum atomic E-state index is 4.73. The van der Waals surface area contributed by atoms with Gasteiger partial charge in [0.25, 0.3) is 0 Å². The molecule has 0 amide bonds. The van der Waals surface area contributed by atoms with Gasteiger partial charge in [-0.2, -0.15) is 4.68 Å². The van der Waals surface area contributed by atoms with E-state index in [0.717, 1.165) is 38.4 Å². The van der Waals surface area contributed by atoms with Crippen molar-refractivity contribution in [2.45, 2.75) is 24.8 Å². The van der Waals surface area contributed by atoms with E-state index in [1.54, 1.807) is 27.8 Å². The number of tetrazole rings is 1. The van der Waals surface area contributed by atoms with E-state index in [4.69, 9.17) is 4.98 Å². The van der Waals surface area contributed by atoms with E-state index < -0.39 is 0 Å². The van der Waals surface area contributed by atoms with Gasteiger partial charge in [-0.15, -0.1) is 16.4 Å². The lowest BCUT2D eigenvalue weighted by Gasteiger charge is -2.07. The van der Waals surface area contributed by atoms with Crippen molar-refractivity contribution < 1.29 is 0 Å². The monoisotopic (exact) mass is 379 g/mol. The highest BCUT2D eigenvalue weighted by Crippen LogP contribution is 2.28. The molecule has 0 aliphatic carbocycles. The van der Waals surface area contributed by atoms with Crippen LogP contribution in [0.25, 0.3) is 16.3 Å². The lowest BCUT2D eigenvalue weighted by molar-refractivity contribution is 0.751. The van der Waals surface area contributed by atoms with Gasteiger partial charge in [0.1, 0.15) is 5.01 Å². The Morgan fingerprint density at radius 1 is 1.08 bits per heavy atom. The van der Waals surface area contributed by atoms with E-state index in [0.29, 0.717) is 0 Å². The fraction of sp³-hybridized carbons (Fsp3) is 0.158. The first-order valence-electron chi connectivity index (χ1n) is 8.19. The average molecular weight is 380 g/mol. The normalized spacial score (nSPS) is 11.0. The fourth-order valence-electron chi connectivity index (χ4n) is 2.69. The number of aryl methyl sites for hydroxylation is 2. The number of nitrogens with zero attached hydrogens (tertiary/aromatic N) is 5. The number of hydrogen-bond acceptors (Lipinski definition) is 6. The molecular formula is C19H17N5S2. The molecule has 0 unspecified atom stereocenters. The number of aromatic nitrogens is 5. The maximum Gasteiger partial charge on any atom is 0.214 e. The number of thioether (sulfide) groups is 1. The highest BCUT2D eigenvalue weighted by atomic mass is 32.2. The molecule has 0 aliphatic rings. The van der Waals surface area contributed by atoms with E-state index in [-0.39, 0.29) is 0 Å². The molecule has 0 saturated heterocycles. The van der Waals surface area contributed by atoms with Crippen molar-refractivity contribution in [3.8, 4) is 16.3 Å². The minimum atomic E-state index is 0.731. The predicted octanol–water partition coefficient (Wildman–Crippen LogP) is 4.69. The van der Waals surface area contributed by atoms with Crippen LogP contribution < -0.4 is 0 Å². The first-order valence-corrected chi connectivity index (χ1v) is 10.1. The van der Waals surface area contributed by atoms with Crippen LogP contribution in [-0.2, 0) is 5.75 Å². The summed E-state index contributed by atoms with van der Waals surface area (Å²) in [4.78, 5) is 4.73. The summed E-state index contributed by atoms with van der Waals surface area (Å²) in [7, 11) is 0. The van der Waals surface area contributed by atoms with Gasteiger partial charge in [-0.1, -0.05) is 59.8 Å². The summed E-state index contributed by atoms with van der Waals surface area (Å²) >= 11 is 3.26. The van der Waals surface area contributed by atoms with E-state index in [9.17, 15) is 0 Å². The van der Waals surface area contributed by atoms with Crippen LogP contribution in [0.15, 0.2) is 59.1 Å². The predicted molar refractivity (Wildman–Crippen MR) is 106 cm³/mol. The van der Waals surface area contributed by atoms with E-state index >= 15 is 0 Å². The summed E-state index contributed by atoms with van der Waals surface area (Å²) < 4.78 is 1.80. The third-order valence-corrected chi connectivity index (χ3v) is 5.84. The van der Waals surface area contributed by atoms with Crippen LogP contribution in [0.5, 0.6) is 0 Å². The quantitative estimate of drug-likeness (QED) is 0.471. The van der Waals surface area contributed by atoms with E-state index in [1.165, 1.54) is 5.56 Å². The minimum Gasteiger partial charge on any atom is -0.240 e. The fourth-order valence-corrected chi connectivity index (χ4v) is 4.40. The Bertz CT molecular complexity index is 1020. The van der Waals surface area contributed by atoms with E-state index in [2.05, 4.69) is 65.1 Å². The Labute approximate surface area is 160 Å². The van der Waals surface area contributed by atoms with Crippen molar-refractivity contribution in [1.29, 1.82) is 0 Å². The molecule has 0 saturated carbocycles. The minimum absolute atomic E-state index is 0.731. The Morgan fingerprint density at radius 3 is 2.73 bits per heavy atom. The maximum absolute atomic E-state index is 4.73. The van der Waals surface area contributed by atoms with E-state index in [1.807, 2.05) is 18.2 Å². The summed E-state index contributed by atoms with van der Waals surface area (Å²) in [5.41, 5.74) is 5.57. The lowest BCUT2D eigenvalue weighted by atomic mass is 10.1. The number of hydrogen-bond donors (Lipinski definition) is 0. The Balaban J connectivity index is 1.51. The molecule has 0 N–H and O–H groups in total. The van der Waals surface area contributed by atoms with Gasteiger partial charge >= 0.3 is 0 Å².